The van der Waals surface area contributed by atoms with Crippen molar-refractivity contribution in [3.63, 3.8) is 0 Å². The Balaban J connectivity index is 1.72. The maximum absolute atomic E-state index is 6.43. The molecule has 0 bridgehead atoms. The lowest BCUT2D eigenvalue weighted by Crippen LogP contribution is -2.31. The number of fused-ring (bicyclic) bond motifs is 1. The molecular weight excluding hydrogens is 274 g/mol. The highest BCUT2D eigenvalue weighted by Gasteiger charge is 2.49. The Kier molecular flexibility index (Phi) is 2.59. The van der Waals surface area contributed by atoms with Gasteiger partial charge < -0.3 is 15.2 Å². The first-order chi connectivity index (χ1) is 9.55. The molecule has 1 spiro atoms. The zero-order chi connectivity index (χ0) is 14.0. The van der Waals surface area contributed by atoms with E-state index >= 15 is 0 Å². The molecule has 108 valence electrons. The largest absolute Gasteiger partial charge is 0.489 e. The van der Waals surface area contributed by atoms with Crippen LogP contribution in [0, 0.1) is 5.41 Å². The molecule has 4 heteroatoms. The van der Waals surface area contributed by atoms with E-state index in [0.29, 0.717) is 10.8 Å². The fourth-order valence-electron chi connectivity index (χ4n) is 3.21. The highest BCUT2D eigenvalue weighted by atomic mass is 35.5. The van der Waals surface area contributed by atoms with E-state index in [1.165, 1.54) is 18.4 Å². The van der Waals surface area contributed by atoms with Crippen molar-refractivity contribution in [3.05, 3.63) is 22.7 Å². The monoisotopic (exact) mass is 293 g/mol. The van der Waals surface area contributed by atoms with E-state index in [9.17, 15) is 0 Å². The molecule has 0 amide bonds. The minimum Gasteiger partial charge on any atom is -0.489 e. The molecule has 1 atom stereocenters. The molecule has 2 aliphatic carbocycles. The highest BCUT2D eigenvalue weighted by Crippen LogP contribution is 2.55. The predicted molar refractivity (Wildman–Crippen MR) is 78.7 cm³/mol. The van der Waals surface area contributed by atoms with Crippen LogP contribution in [-0.2, 0) is 5.41 Å². The summed E-state index contributed by atoms with van der Waals surface area (Å²) in [6, 6.07) is 4.25. The van der Waals surface area contributed by atoms with E-state index in [1.54, 1.807) is 0 Å². The van der Waals surface area contributed by atoms with E-state index < -0.39 is 0 Å². The van der Waals surface area contributed by atoms with Gasteiger partial charge in [0.2, 0.25) is 0 Å². The molecule has 1 aromatic carbocycles. The number of benzene rings is 1. The number of ether oxygens (including phenoxy) is 2. The molecule has 1 unspecified atom stereocenters. The van der Waals surface area contributed by atoms with Gasteiger partial charge in [-0.05, 0) is 50.3 Å². The van der Waals surface area contributed by atoms with Gasteiger partial charge in [-0.3, -0.25) is 0 Å². The fraction of sp³-hybridized carbons (Fsp3) is 0.625. The summed E-state index contributed by atoms with van der Waals surface area (Å²) < 4.78 is 11.9. The SMILES string of the molecule is CC(N)C1(c2cc(Cl)c3c(c2)OCC2(CC2)CO3)CC1. The van der Waals surface area contributed by atoms with Gasteiger partial charge in [-0.25, -0.2) is 0 Å². The lowest BCUT2D eigenvalue weighted by molar-refractivity contribution is 0.197. The van der Waals surface area contributed by atoms with Gasteiger partial charge in [-0.2, -0.15) is 0 Å². The molecule has 2 fully saturated rings. The predicted octanol–water partition coefficient (Wildman–Crippen LogP) is 3.27. The summed E-state index contributed by atoms with van der Waals surface area (Å²) >= 11 is 6.43. The molecule has 20 heavy (non-hydrogen) atoms. The third-order valence-corrected chi connectivity index (χ3v) is 5.54. The van der Waals surface area contributed by atoms with Gasteiger partial charge in [0.1, 0.15) is 0 Å². The second-order valence-corrected chi connectivity index (χ2v) is 7.21. The summed E-state index contributed by atoms with van der Waals surface area (Å²) in [6.07, 6.45) is 4.64. The highest BCUT2D eigenvalue weighted by molar-refractivity contribution is 6.32. The van der Waals surface area contributed by atoms with Crippen LogP contribution in [0.5, 0.6) is 11.5 Å². The average Bonchev–Trinajstić information content (AvgIpc) is 3.28. The van der Waals surface area contributed by atoms with E-state index in [2.05, 4.69) is 13.0 Å². The first-order valence-electron chi connectivity index (χ1n) is 7.40. The van der Waals surface area contributed by atoms with Crippen molar-refractivity contribution in [2.75, 3.05) is 13.2 Å². The summed E-state index contributed by atoms with van der Waals surface area (Å²) in [6.45, 7) is 3.53. The normalized spacial score (nSPS) is 25.9. The first-order valence-corrected chi connectivity index (χ1v) is 7.78. The Morgan fingerprint density at radius 1 is 1.15 bits per heavy atom. The third kappa shape index (κ3) is 1.83. The van der Waals surface area contributed by atoms with Crippen LogP contribution in [0.3, 0.4) is 0 Å². The minimum absolute atomic E-state index is 0.0889. The Morgan fingerprint density at radius 2 is 1.85 bits per heavy atom. The van der Waals surface area contributed by atoms with Crippen LogP contribution in [0.1, 0.15) is 38.2 Å². The molecule has 0 saturated heterocycles. The molecule has 4 rings (SSSR count). The van der Waals surface area contributed by atoms with Crippen molar-refractivity contribution in [2.24, 2.45) is 11.1 Å². The quantitative estimate of drug-likeness (QED) is 0.910. The second-order valence-electron chi connectivity index (χ2n) is 6.81. The summed E-state index contributed by atoms with van der Waals surface area (Å²) in [5, 5.41) is 0.655. The number of rotatable bonds is 2. The molecule has 3 aliphatic rings. The van der Waals surface area contributed by atoms with Gasteiger partial charge in [-0.15, -0.1) is 0 Å². The topological polar surface area (TPSA) is 44.5 Å². The van der Waals surface area contributed by atoms with Crippen LogP contribution in [0.2, 0.25) is 5.02 Å². The van der Waals surface area contributed by atoms with Crippen LogP contribution >= 0.6 is 11.6 Å². The van der Waals surface area contributed by atoms with Crippen molar-refractivity contribution < 1.29 is 9.47 Å². The zero-order valence-electron chi connectivity index (χ0n) is 11.7. The smallest absolute Gasteiger partial charge is 0.179 e. The number of nitrogens with two attached hydrogens (primary N) is 1. The maximum Gasteiger partial charge on any atom is 0.179 e. The van der Waals surface area contributed by atoms with Crippen molar-refractivity contribution in [1.82, 2.24) is 0 Å². The van der Waals surface area contributed by atoms with Crippen molar-refractivity contribution in [1.29, 1.82) is 0 Å². The van der Waals surface area contributed by atoms with Crippen LogP contribution in [0.25, 0.3) is 0 Å². The summed E-state index contributed by atoms with van der Waals surface area (Å²) in [7, 11) is 0. The zero-order valence-corrected chi connectivity index (χ0v) is 12.5. The van der Waals surface area contributed by atoms with Crippen molar-refractivity contribution in [2.45, 2.75) is 44.1 Å². The van der Waals surface area contributed by atoms with Crippen molar-refractivity contribution in [3.8, 4) is 11.5 Å². The van der Waals surface area contributed by atoms with Gasteiger partial charge in [0, 0.05) is 16.9 Å². The van der Waals surface area contributed by atoms with Gasteiger partial charge in [0.25, 0.3) is 0 Å². The first kappa shape index (κ1) is 12.8. The van der Waals surface area contributed by atoms with Gasteiger partial charge in [0.15, 0.2) is 11.5 Å². The van der Waals surface area contributed by atoms with Gasteiger partial charge >= 0.3 is 0 Å². The molecule has 1 aromatic rings. The molecule has 2 N–H and O–H groups in total. The number of hydrogen-bond donors (Lipinski definition) is 1. The summed E-state index contributed by atoms with van der Waals surface area (Å²) in [5.41, 5.74) is 7.69. The van der Waals surface area contributed by atoms with Crippen LogP contribution in [0.4, 0.5) is 0 Å². The molecule has 1 aliphatic heterocycles. The fourth-order valence-corrected chi connectivity index (χ4v) is 3.47. The molecule has 3 nitrogen and oxygen atoms in total. The number of halogens is 1. The molecular formula is C16H20ClNO2. The summed E-state index contributed by atoms with van der Waals surface area (Å²) in [5.74, 6) is 1.50. The molecule has 1 heterocycles. The van der Waals surface area contributed by atoms with E-state index in [4.69, 9.17) is 26.8 Å². The van der Waals surface area contributed by atoms with Crippen LogP contribution in [-0.4, -0.2) is 19.3 Å². The average molecular weight is 294 g/mol. The van der Waals surface area contributed by atoms with Crippen LogP contribution in [0.15, 0.2) is 12.1 Å². The maximum atomic E-state index is 6.43. The van der Waals surface area contributed by atoms with Gasteiger partial charge in [-0.1, -0.05) is 11.6 Å². The molecule has 0 radical (unpaired) electrons. The van der Waals surface area contributed by atoms with Crippen molar-refractivity contribution >= 4 is 11.6 Å². The number of hydrogen-bond acceptors (Lipinski definition) is 3. The Labute approximate surface area is 124 Å². The Morgan fingerprint density at radius 3 is 2.45 bits per heavy atom. The third-order valence-electron chi connectivity index (χ3n) is 5.26. The Bertz CT molecular complexity index is 562. The summed E-state index contributed by atoms with van der Waals surface area (Å²) in [4.78, 5) is 0. The van der Waals surface area contributed by atoms with E-state index in [1.807, 2.05) is 6.07 Å². The lowest BCUT2D eigenvalue weighted by atomic mass is 9.89. The van der Waals surface area contributed by atoms with Gasteiger partial charge in [0.05, 0.1) is 18.2 Å². The molecule has 2 saturated carbocycles. The van der Waals surface area contributed by atoms with E-state index in [-0.39, 0.29) is 16.9 Å². The van der Waals surface area contributed by atoms with Crippen LogP contribution < -0.4 is 15.2 Å². The second kappa shape index (κ2) is 4.05. The molecule has 0 aromatic heterocycles. The minimum atomic E-state index is 0.0889. The van der Waals surface area contributed by atoms with E-state index in [0.717, 1.165) is 31.8 Å². The standard InChI is InChI=1S/C16H20ClNO2/c1-10(18)16(4-5-16)11-6-12(17)14-13(7-11)19-8-15(2-3-15)9-20-14/h6-7,10H,2-5,8-9,18H2,1H3. The Hall–Kier alpha value is -0.930. The lowest BCUT2D eigenvalue weighted by Gasteiger charge is -2.22.